The molecule has 2 fully saturated rings. The Morgan fingerprint density at radius 2 is 1.27 bits per heavy atom. The van der Waals surface area contributed by atoms with Crippen LogP contribution in [0.2, 0.25) is 0 Å². The summed E-state index contributed by atoms with van der Waals surface area (Å²) in [6, 6.07) is 9.36. The highest BCUT2D eigenvalue weighted by Gasteiger charge is 2.71. The van der Waals surface area contributed by atoms with E-state index in [2.05, 4.69) is 0 Å². The van der Waals surface area contributed by atoms with Crippen LogP contribution in [0.3, 0.4) is 0 Å². The number of rotatable bonds is 5. The standard InChI is InChI=1S/C30H32F7NO3/c1-18(39)38-15-13-21(14-16-38)27(40)22-3-2-4-25(26(17-22)20-7-11-24(31)12-8-20)19-5-9-23(10-6-19)28(41,29(32,33)34)30(35,36)37/h5-12,21-22,25-26,41H,2-4,13-17H2,1H3/t22?,25-,26+/m0/s1. The molecular formula is C30H32F7NO3. The van der Waals surface area contributed by atoms with Crippen LogP contribution in [0.25, 0.3) is 0 Å². The third-order valence-corrected chi connectivity index (χ3v) is 8.71. The van der Waals surface area contributed by atoms with Crippen LogP contribution in [-0.2, 0) is 15.2 Å². The fourth-order valence-electron chi connectivity index (χ4n) is 6.38. The largest absolute Gasteiger partial charge is 0.430 e. The summed E-state index contributed by atoms with van der Waals surface area (Å²) in [7, 11) is 0. The van der Waals surface area contributed by atoms with E-state index in [1.54, 1.807) is 17.0 Å². The molecule has 0 radical (unpaired) electrons. The topological polar surface area (TPSA) is 57.6 Å². The van der Waals surface area contributed by atoms with Crippen molar-refractivity contribution in [3.63, 3.8) is 0 Å². The number of benzene rings is 2. The molecule has 1 heterocycles. The lowest BCUT2D eigenvalue weighted by Gasteiger charge is -2.34. The minimum Gasteiger partial charge on any atom is -0.369 e. The molecule has 1 amide bonds. The third kappa shape index (κ3) is 6.29. The van der Waals surface area contributed by atoms with Crippen molar-refractivity contribution in [2.75, 3.05) is 13.1 Å². The number of Topliss-reactive ketones (excluding diaryl/α,β-unsaturated/α-hetero) is 1. The van der Waals surface area contributed by atoms with Crippen molar-refractivity contribution in [1.29, 1.82) is 0 Å². The zero-order valence-corrected chi connectivity index (χ0v) is 22.4. The van der Waals surface area contributed by atoms with E-state index in [0.717, 1.165) is 0 Å². The van der Waals surface area contributed by atoms with Gasteiger partial charge in [0.25, 0.3) is 5.60 Å². The van der Waals surface area contributed by atoms with Crippen molar-refractivity contribution in [2.24, 2.45) is 11.8 Å². The van der Waals surface area contributed by atoms with Crippen LogP contribution in [0.5, 0.6) is 0 Å². The number of aliphatic hydroxyl groups is 1. The van der Waals surface area contributed by atoms with E-state index in [-0.39, 0.29) is 35.4 Å². The van der Waals surface area contributed by atoms with E-state index < -0.39 is 29.3 Å². The maximum absolute atomic E-state index is 13.7. The molecule has 1 unspecified atom stereocenters. The quantitative estimate of drug-likeness (QED) is 0.302. The summed E-state index contributed by atoms with van der Waals surface area (Å²) in [5, 5.41) is 9.78. The second-order valence-electron chi connectivity index (χ2n) is 11.1. The van der Waals surface area contributed by atoms with Gasteiger partial charge in [-0.2, -0.15) is 26.3 Å². The first kappa shape index (κ1) is 31.0. The van der Waals surface area contributed by atoms with Gasteiger partial charge in [-0.05, 0) is 67.2 Å². The summed E-state index contributed by atoms with van der Waals surface area (Å²) in [6.07, 6.45) is -8.79. The average Bonchev–Trinajstić information content (AvgIpc) is 3.15. The zero-order chi connectivity index (χ0) is 30.2. The van der Waals surface area contributed by atoms with E-state index in [1.807, 2.05) is 0 Å². The molecule has 0 aromatic heterocycles. The fourth-order valence-corrected chi connectivity index (χ4v) is 6.38. The molecule has 1 saturated heterocycles. The summed E-state index contributed by atoms with van der Waals surface area (Å²) in [5.41, 5.74) is -5.17. The summed E-state index contributed by atoms with van der Waals surface area (Å²) < 4.78 is 94.1. The summed E-state index contributed by atoms with van der Waals surface area (Å²) in [5.74, 6) is -1.66. The number of halogens is 7. The van der Waals surface area contributed by atoms with E-state index in [4.69, 9.17) is 0 Å². The Kier molecular flexibility index (Phi) is 8.87. The van der Waals surface area contributed by atoms with Crippen molar-refractivity contribution in [3.05, 3.63) is 71.0 Å². The molecule has 1 aliphatic heterocycles. The van der Waals surface area contributed by atoms with Crippen LogP contribution in [0, 0.1) is 17.7 Å². The molecule has 1 saturated carbocycles. The molecule has 4 nitrogen and oxygen atoms in total. The maximum atomic E-state index is 13.7. The van der Waals surface area contributed by atoms with Crippen LogP contribution >= 0.6 is 0 Å². The molecule has 41 heavy (non-hydrogen) atoms. The van der Waals surface area contributed by atoms with Crippen LogP contribution < -0.4 is 0 Å². The Morgan fingerprint density at radius 3 is 1.78 bits per heavy atom. The van der Waals surface area contributed by atoms with Gasteiger partial charge in [-0.1, -0.05) is 42.8 Å². The SMILES string of the molecule is CC(=O)N1CCC(C(=O)C2CCC[C@@H](c3ccc(C(O)(C(F)(F)F)C(F)(F)F)cc3)[C@@H](c3ccc(F)cc3)C2)CC1. The highest BCUT2D eigenvalue weighted by molar-refractivity contribution is 5.84. The summed E-state index contributed by atoms with van der Waals surface area (Å²) >= 11 is 0. The van der Waals surface area contributed by atoms with Gasteiger partial charge in [0.2, 0.25) is 5.91 Å². The Bertz CT molecular complexity index is 1200. The monoisotopic (exact) mass is 587 g/mol. The molecule has 11 heteroatoms. The molecule has 4 rings (SSSR count). The highest BCUT2D eigenvalue weighted by atomic mass is 19.4. The molecule has 224 valence electrons. The fraction of sp³-hybridized carbons (Fsp3) is 0.533. The van der Waals surface area contributed by atoms with Gasteiger partial charge >= 0.3 is 12.4 Å². The Morgan fingerprint density at radius 1 is 0.756 bits per heavy atom. The van der Waals surface area contributed by atoms with Gasteiger partial charge in [-0.15, -0.1) is 0 Å². The minimum absolute atomic E-state index is 0.0421. The first-order valence-electron chi connectivity index (χ1n) is 13.6. The van der Waals surface area contributed by atoms with E-state index in [0.29, 0.717) is 74.9 Å². The number of ketones is 1. The molecule has 0 spiro atoms. The predicted octanol–water partition coefficient (Wildman–Crippen LogP) is 7.02. The highest BCUT2D eigenvalue weighted by Crippen LogP contribution is 2.51. The van der Waals surface area contributed by atoms with Gasteiger partial charge < -0.3 is 10.0 Å². The number of likely N-dealkylation sites (tertiary alicyclic amines) is 1. The number of hydrogen-bond acceptors (Lipinski definition) is 3. The first-order chi connectivity index (χ1) is 19.1. The van der Waals surface area contributed by atoms with Gasteiger partial charge in [0, 0.05) is 37.4 Å². The molecule has 2 aliphatic rings. The Labute approximate surface area is 233 Å². The normalized spacial score (nSPS) is 23.2. The smallest absolute Gasteiger partial charge is 0.369 e. The van der Waals surface area contributed by atoms with Crippen molar-refractivity contribution in [3.8, 4) is 0 Å². The lowest BCUT2D eigenvalue weighted by molar-refractivity contribution is -0.376. The average molecular weight is 588 g/mol. The minimum atomic E-state index is -5.99. The van der Waals surface area contributed by atoms with E-state index in [9.17, 15) is 45.4 Å². The van der Waals surface area contributed by atoms with E-state index >= 15 is 0 Å². The second kappa shape index (κ2) is 11.7. The van der Waals surface area contributed by atoms with E-state index in [1.165, 1.54) is 31.2 Å². The first-order valence-corrected chi connectivity index (χ1v) is 13.6. The molecule has 2 aromatic rings. The number of nitrogens with zero attached hydrogens (tertiary/aromatic N) is 1. The van der Waals surface area contributed by atoms with Gasteiger partial charge in [0.05, 0.1) is 0 Å². The number of alkyl halides is 6. The number of piperidine rings is 1. The van der Waals surface area contributed by atoms with Crippen molar-refractivity contribution >= 4 is 11.7 Å². The van der Waals surface area contributed by atoms with Gasteiger partial charge in [-0.25, -0.2) is 4.39 Å². The van der Waals surface area contributed by atoms with Gasteiger partial charge in [-0.3, -0.25) is 9.59 Å². The lowest BCUT2D eigenvalue weighted by atomic mass is 9.74. The Balaban J connectivity index is 1.63. The summed E-state index contributed by atoms with van der Waals surface area (Å²) in [4.78, 5) is 27.0. The molecule has 3 atom stereocenters. The number of hydrogen-bond donors (Lipinski definition) is 1. The van der Waals surface area contributed by atoms with Gasteiger partial charge in [0.1, 0.15) is 11.6 Å². The van der Waals surface area contributed by atoms with Crippen LogP contribution in [-0.4, -0.2) is 47.1 Å². The van der Waals surface area contributed by atoms with Crippen LogP contribution in [0.4, 0.5) is 30.7 Å². The van der Waals surface area contributed by atoms with Crippen LogP contribution in [0.15, 0.2) is 48.5 Å². The molecule has 1 N–H and O–H groups in total. The lowest BCUT2D eigenvalue weighted by Crippen LogP contribution is -2.53. The maximum Gasteiger partial charge on any atom is 0.430 e. The van der Waals surface area contributed by atoms with Crippen molar-refractivity contribution in [1.82, 2.24) is 4.90 Å². The zero-order valence-electron chi connectivity index (χ0n) is 22.4. The van der Waals surface area contributed by atoms with Crippen LogP contribution in [0.1, 0.15) is 74.0 Å². The second-order valence-corrected chi connectivity index (χ2v) is 11.1. The number of amides is 1. The number of carbonyl (C=O) groups is 2. The number of carbonyl (C=O) groups excluding carboxylic acids is 2. The third-order valence-electron chi connectivity index (χ3n) is 8.71. The molecule has 2 aromatic carbocycles. The summed E-state index contributed by atoms with van der Waals surface area (Å²) in [6.45, 7) is 2.48. The predicted molar refractivity (Wildman–Crippen MR) is 136 cm³/mol. The molecule has 1 aliphatic carbocycles. The Hall–Kier alpha value is -2.95. The molecular weight excluding hydrogens is 555 g/mol. The van der Waals surface area contributed by atoms with Gasteiger partial charge in [0.15, 0.2) is 0 Å². The van der Waals surface area contributed by atoms with Crippen molar-refractivity contribution in [2.45, 2.75) is 75.2 Å². The van der Waals surface area contributed by atoms with Crippen molar-refractivity contribution < 1.29 is 45.4 Å². The molecule has 0 bridgehead atoms.